The highest BCUT2D eigenvalue weighted by molar-refractivity contribution is 6.63. The third kappa shape index (κ3) is 69.3. The standard InChI is InChI=1S/CHCl3.ClH.H3N/c2-1(3)4;;/h1H;1H;1H3. The van der Waals surface area contributed by atoms with Crippen LogP contribution in [-0.2, 0) is 0 Å². The summed E-state index contributed by atoms with van der Waals surface area (Å²) in [6, 6.07) is 0. The van der Waals surface area contributed by atoms with Crippen molar-refractivity contribution in [3.8, 4) is 0 Å². The number of halogens is 4. The highest BCUT2D eigenvalue weighted by Crippen LogP contribution is 2.03. The van der Waals surface area contributed by atoms with E-state index in [0.29, 0.717) is 0 Å². The van der Waals surface area contributed by atoms with Crippen LogP contribution in [0.25, 0.3) is 0 Å². The summed E-state index contributed by atoms with van der Waals surface area (Å²) in [5.41, 5.74) is 0. The van der Waals surface area contributed by atoms with Crippen molar-refractivity contribution in [2.24, 2.45) is 0 Å². The number of alkyl halides is 3. The second-order valence-electron chi connectivity index (χ2n) is 0.247. The zero-order valence-electron chi connectivity index (χ0n) is 2.83. The lowest BCUT2D eigenvalue weighted by Gasteiger charge is -1.69. The molecule has 0 aromatic carbocycles. The predicted octanol–water partition coefficient (Wildman–Crippen LogP) is 2.57. The topological polar surface area (TPSA) is 35.0 Å². The molecule has 0 rings (SSSR count). The Bertz CT molecular complexity index is 12.3. The zero-order valence-corrected chi connectivity index (χ0v) is 5.91. The quantitative estimate of drug-likeness (QED) is 0.561. The van der Waals surface area contributed by atoms with Gasteiger partial charge in [-0.15, -0.1) is 12.4 Å². The van der Waals surface area contributed by atoms with E-state index in [2.05, 4.69) is 0 Å². The van der Waals surface area contributed by atoms with Gasteiger partial charge in [0.05, 0.1) is 0 Å². The molecular formula is CH5Cl4N. The lowest BCUT2D eigenvalue weighted by atomic mass is 11.9. The lowest BCUT2D eigenvalue weighted by molar-refractivity contribution is 1.96. The maximum atomic E-state index is 4.81. The highest BCUT2D eigenvalue weighted by Gasteiger charge is 1.78. The first kappa shape index (κ1) is 15.7. The summed E-state index contributed by atoms with van der Waals surface area (Å²) >= 11 is 14.4. The minimum absolute atomic E-state index is 0. The van der Waals surface area contributed by atoms with Crippen LogP contribution in [-0.4, -0.2) is 4.30 Å². The van der Waals surface area contributed by atoms with Gasteiger partial charge in [0.1, 0.15) is 0 Å². The molecule has 0 bridgehead atoms. The molecule has 0 radical (unpaired) electrons. The van der Waals surface area contributed by atoms with E-state index in [1.807, 2.05) is 0 Å². The fourth-order valence-corrected chi connectivity index (χ4v) is 0. The van der Waals surface area contributed by atoms with Gasteiger partial charge in [-0.25, -0.2) is 0 Å². The van der Waals surface area contributed by atoms with Gasteiger partial charge >= 0.3 is 0 Å². The van der Waals surface area contributed by atoms with Crippen molar-refractivity contribution in [3.63, 3.8) is 0 Å². The van der Waals surface area contributed by atoms with Gasteiger partial charge < -0.3 is 6.15 Å². The van der Waals surface area contributed by atoms with Gasteiger partial charge in [-0.2, -0.15) is 0 Å². The normalized spacial score (nSPS) is 6.00. The molecule has 0 aliphatic carbocycles. The van der Waals surface area contributed by atoms with E-state index in [1.165, 1.54) is 0 Å². The molecule has 0 aliphatic heterocycles. The first-order valence-corrected chi connectivity index (χ1v) is 1.96. The van der Waals surface area contributed by atoms with Crippen LogP contribution in [0.3, 0.4) is 0 Å². The fraction of sp³-hybridized carbons (Fsp3) is 1.00. The van der Waals surface area contributed by atoms with Gasteiger partial charge in [0.25, 0.3) is 0 Å². The van der Waals surface area contributed by atoms with E-state index in [1.54, 1.807) is 0 Å². The molecule has 0 aromatic heterocycles. The number of hydrogen-bond donors (Lipinski definition) is 1. The molecule has 1 nitrogen and oxygen atoms in total. The van der Waals surface area contributed by atoms with Crippen molar-refractivity contribution >= 4 is 47.2 Å². The molecule has 0 fully saturated rings. The molecule has 3 N–H and O–H groups in total. The molecule has 0 aliphatic rings. The average molecular weight is 173 g/mol. The van der Waals surface area contributed by atoms with Gasteiger partial charge in [-0.3, -0.25) is 0 Å². The number of rotatable bonds is 0. The Kier molecular flexibility index (Phi) is 24.7. The monoisotopic (exact) mass is 171 g/mol. The second-order valence-corrected chi connectivity index (χ2v) is 2.23. The summed E-state index contributed by atoms with van der Waals surface area (Å²) in [7, 11) is 0. The summed E-state index contributed by atoms with van der Waals surface area (Å²) in [6.45, 7) is 0. The van der Waals surface area contributed by atoms with Crippen LogP contribution in [0.15, 0.2) is 0 Å². The summed E-state index contributed by atoms with van der Waals surface area (Å²) in [4.78, 5) is 0. The molecule has 0 spiro atoms. The molecule has 6 heavy (non-hydrogen) atoms. The molecule has 42 valence electrons. The second kappa shape index (κ2) is 9.45. The lowest BCUT2D eigenvalue weighted by Crippen LogP contribution is -1.55. The highest BCUT2D eigenvalue weighted by atomic mass is 35.6. The van der Waals surface area contributed by atoms with Crippen LogP contribution in [0.2, 0.25) is 0 Å². The molecule has 0 saturated heterocycles. The molecule has 0 saturated carbocycles. The maximum Gasteiger partial charge on any atom is 0.180 e. The van der Waals surface area contributed by atoms with Gasteiger partial charge in [0, 0.05) is 0 Å². The largest absolute Gasteiger partial charge is 0.344 e. The van der Waals surface area contributed by atoms with Crippen LogP contribution in [0.4, 0.5) is 0 Å². The van der Waals surface area contributed by atoms with E-state index in [-0.39, 0.29) is 18.6 Å². The Morgan fingerprint density at radius 2 is 1.00 bits per heavy atom. The molecular weight excluding hydrogens is 168 g/mol. The van der Waals surface area contributed by atoms with Gasteiger partial charge in [-0.05, 0) is 0 Å². The smallest absolute Gasteiger partial charge is 0.180 e. The summed E-state index contributed by atoms with van der Waals surface area (Å²) < 4.78 is -0.750. The van der Waals surface area contributed by atoms with E-state index in [4.69, 9.17) is 34.8 Å². The Morgan fingerprint density at radius 1 is 1.00 bits per heavy atom. The van der Waals surface area contributed by atoms with Crippen molar-refractivity contribution in [3.05, 3.63) is 0 Å². The Morgan fingerprint density at radius 3 is 1.00 bits per heavy atom. The van der Waals surface area contributed by atoms with Crippen LogP contribution in [0, 0.1) is 0 Å². The summed E-state index contributed by atoms with van der Waals surface area (Å²) in [5.74, 6) is 0. The van der Waals surface area contributed by atoms with Crippen molar-refractivity contribution in [1.82, 2.24) is 6.15 Å². The first-order chi connectivity index (χ1) is 1.73. The zero-order chi connectivity index (χ0) is 3.58. The Labute approximate surface area is 57.9 Å². The minimum atomic E-state index is -0.750. The van der Waals surface area contributed by atoms with E-state index < -0.39 is 4.30 Å². The van der Waals surface area contributed by atoms with Crippen molar-refractivity contribution < 1.29 is 0 Å². The summed E-state index contributed by atoms with van der Waals surface area (Å²) in [5, 5.41) is 0. The first-order valence-electron chi connectivity index (χ1n) is 0.655. The van der Waals surface area contributed by atoms with Gasteiger partial charge in [0.2, 0.25) is 0 Å². The SMILES string of the molecule is Cl.ClC(Cl)Cl.N. The maximum absolute atomic E-state index is 4.81. The average Bonchev–Trinajstić information content (AvgIpc) is 0.811. The third-order valence-corrected chi connectivity index (χ3v) is 0. The van der Waals surface area contributed by atoms with Gasteiger partial charge in [0.15, 0.2) is 4.30 Å². The van der Waals surface area contributed by atoms with E-state index in [9.17, 15) is 0 Å². The Balaban J connectivity index is -0.0000000450. The van der Waals surface area contributed by atoms with Gasteiger partial charge in [-0.1, -0.05) is 34.8 Å². The van der Waals surface area contributed by atoms with Crippen molar-refractivity contribution in [2.75, 3.05) is 0 Å². The molecule has 0 atom stereocenters. The number of hydrogen-bond acceptors (Lipinski definition) is 1. The third-order valence-electron chi connectivity index (χ3n) is 0. The molecule has 0 aromatic rings. The molecule has 0 heterocycles. The predicted molar refractivity (Wildman–Crippen MR) is 33.6 cm³/mol. The summed E-state index contributed by atoms with van der Waals surface area (Å²) in [6.07, 6.45) is 0. The van der Waals surface area contributed by atoms with Crippen molar-refractivity contribution in [2.45, 2.75) is 4.30 Å². The van der Waals surface area contributed by atoms with Crippen LogP contribution < -0.4 is 6.15 Å². The molecule has 0 amide bonds. The van der Waals surface area contributed by atoms with Crippen LogP contribution in [0.5, 0.6) is 0 Å². The Hall–Kier alpha value is 1.12. The molecule has 0 unspecified atom stereocenters. The fourth-order valence-electron chi connectivity index (χ4n) is 0. The van der Waals surface area contributed by atoms with Crippen molar-refractivity contribution in [1.29, 1.82) is 0 Å². The van der Waals surface area contributed by atoms with Crippen LogP contribution >= 0.6 is 47.2 Å². The minimum Gasteiger partial charge on any atom is -0.344 e. The van der Waals surface area contributed by atoms with E-state index in [0.717, 1.165) is 0 Å². The van der Waals surface area contributed by atoms with Crippen LogP contribution in [0.1, 0.15) is 0 Å². The van der Waals surface area contributed by atoms with E-state index >= 15 is 0 Å². The molecule has 5 heteroatoms.